The number of carbonyl (C=O) groups excluding carboxylic acids is 1. The summed E-state index contributed by atoms with van der Waals surface area (Å²) in [7, 11) is 0. The summed E-state index contributed by atoms with van der Waals surface area (Å²) in [5.41, 5.74) is 2.21. The van der Waals surface area contributed by atoms with Gasteiger partial charge in [0, 0.05) is 23.5 Å². The number of anilines is 1. The summed E-state index contributed by atoms with van der Waals surface area (Å²) in [6, 6.07) is 8.63. The van der Waals surface area contributed by atoms with Crippen LogP contribution in [0.5, 0.6) is 5.75 Å². The van der Waals surface area contributed by atoms with Crippen LogP contribution in [0.2, 0.25) is 0 Å². The van der Waals surface area contributed by atoms with Gasteiger partial charge in [-0.05, 0) is 50.6 Å². The van der Waals surface area contributed by atoms with Gasteiger partial charge in [-0.15, -0.1) is 5.10 Å². The largest absolute Gasteiger partial charge is 0.494 e. The molecule has 0 atom stereocenters. The third-order valence-corrected chi connectivity index (χ3v) is 3.74. The molecule has 0 saturated heterocycles. The molecule has 2 aromatic heterocycles. The Hall–Kier alpha value is -3.49. The highest BCUT2D eigenvalue weighted by molar-refractivity contribution is 6.01. The van der Waals surface area contributed by atoms with Crippen molar-refractivity contribution in [1.82, 2.24) is 19.6 Å². The highest BCUT2D eigenvalue weighted by Crippen LogP contribution is 2.17. The fraction of sp³-hybridized carbons (Fsp3) is 0.278. The predicted octanol–water partition coefficient (Wildman–Crippen LogP) is 2.24. The normalized spacial score (nSPS) is 10.7. The number of nitrogens with one attached hydrogen (secondary N) is 1. The number of benzene rings is 1. The van der Waals surface area contributed by atoms with Crippen molar-refractivity contribution >= 4 is 23.3 Å². The first-order valence-electron chi connectivity index (χ1n) is 8.39. The summed E-state index contributed by atoms with van der Waals surface area (Å²) < 4.78 is 6.98. The lowest BCUT2D eigenvalue weighted by atomic mass is 10.3. The van der Waals surface area contributed by atoms with E-state index in [-0.39, 0.29) is 12.2 Å². The quantitative estimate of drug-likeness (QED) is 0.613. The molecule has 1 amide bonds. The molecule has 140 valence electrons. The van der Waals surface area contributed by atoms with Gasteiger partial charge >= 0.3 is 5.97 Å². The van der Waals surface area contributed by atoms with Crippen molar-refractivity contribution in [3.63, 3.8) is 0 Å². The first-order valence-corrected chi connectivity index (χ1v) is 8.39. The molecule has 0 unspecified atom stereocenters. The molecule has 9 nitrogen and oxygen atoms in total. The second kappa shape index (κ2) is 7.81. The molecule has 0 bridgehead atoms. The average Bonchev–Trinajstić information content (AvgIpc) is 3.04. The fourth-order valence-corrected chi connectivity index (χ4v) is 2.50. The van der Waals surface area contributed by atoms with Crippen molar-refractivity contribution in [2.45, 2.75) is 26.7 Å². The lowest BCUT2D eigenvalue weighted by Crippen LogP contribution is -2.14. The summed E-state index contributed by atoms with van der Waals surface area (Å²) >= 11 is 0. The van der Waals surface area contributed by atoms with Crippen molar-refractivity contribution in [3.05, 3.63) is 47.5 Å². The Morgan fingerprint density at radius 2 is 1.93 bits per heavy atom. The number of aryl methyl sites for hydroxylation is 2. The van der Waals surface area contributed by atoms with E-state index in [0.717, 1.165) is 11.4 Å². The highest BCUT2D eigenvalue weighted by Gasteiger charge is 2.15. The zero-order valence-corrected chi connectivity index (χ0v) is 15.0. The summed E-state index contributed by atoms with van der Waals surface area (Å²) in [5, 5.41) is 15.5. The van der Waals surface area contributed by atoms with E-state index in [9.17, 15) is 9.59 Å². The molecule has 3 rings (SSSR count). The van der Waals surface area contributed by atoms with Crippen LogP contribution < -0.4 is 10.1 Å². The van der Waals surface area contributed by atoms with Crippen molar-refractivity contribution in [3.8, 4) is 5.75 Å². The third-order valence-electron chi connectivity index (χ3n) is 3.74. The topological polar surface area (TPSA) is 119 Å². The van der Waals surface area contributed by atoms with Gasteiger partial charge in [0.25, 0.3) is 11.7 Å². The Labute approximate surface area is 155 Å². The number of aliphatic carboxylic acids is 1. The summed E-state index contributed by atoms with van der Waals surface area (Å²) in [6.07, 6.45) is 0.494. The lowest BCUT2D eigenvalue weighted by molar-refractivity contribution is -0.137. The Morgan fingerprint density at radius 1 is 1.19 bits per heavy atom. The summed E-state index contributed by atoms with van der Waals surface area (Å²) in [4.78, 5) is 31.3. The van der Waals surface area contributed by atoms with E-state index in [1.54, 1.807) is 24.3 Å². The van der Waals surface area contributed by atoms with Crippen LogP contribution in [-0.2, 0) is 4.79 Å². The second-order valence-electron chi connectivity index (χ2n) is 6.01. The molecule has 0 aliphatic carbocycles. The molecule has 0 spiro atoms. The van der Waals surface area contributed by atoms with Gasteiger partial charge in [0.2, 0.25) is 5.82 Å². The highest BCUT2D eigenvalue weighted by atomic mass is 16.5. The number of fused-ring (bicyclic) bond motifs is 1. The molecule has 9 heteroatoms. The molecule has 0 aliphatic heterocycles. The number of nitrogens with zero attached hydrogens (tertiary/aromatic N) is 4. The number of rotatable bonds is 7. The first-order chi connectivity index (χ1) is 12.9. The minimum absolute atomic E-state index is 0.0326. The van der Waals surface area contributed by atoms with Gasteiger partial charge in [0.15, 0.2) is 0 Å². The van der Waals surface area contributed by atoms with E-state index in [2.05, 4.69) is 20.4 Å². The second-order valence-corrected chi connectivity index (χ2v) is 6.01. The molecule has 0 radical (unpaired) electrons. The first kappa shape index (κ1) is 18.3. The van der Waals surface area contributed by atoms with Gasteiger partial charge in [-0.2, -0.15) is 4.98 Å². The molecule has 2 N–H and O–H groups in total. The molecule has 0 aliphatic rings. The van der Waals surface area contributed by atoms with E-state index in [1.807, 2.05) is 19.9 Å². The van der Waals surface area contributed by atoms with Crippen LogP contribution in [0.4, 0.5) is 5.69 Å². The smallest absolute Gasteiger partial charge is 0.303 e. The van der Waals surface area contributed by atoms with Crippen molar-refractivity contribution < 1.29 is 19.4 Å². The molecule has 0 fully saturated rings. The zero-order valence-electron chi connectivity index (χ0n) is 15.0. The van der Waals surface area contributed by atoms with Crippen LogP contribution >= 0.6 is 0 Å². The average molecular weight is 369 g/mol. The lowest BCUT2D eigenvalue weighted by Gasteiger charge is -2.07. The maximum Gasteiger partial charge on any atom is 0.303 e. The fourth-order valence-electron chi connectivity index (χ4n) is 2.50. The minimum atomic E-state index is -0.849. The third kappa shape index (κ3) is 4.57. The van der Waals surface area contributed by atoms with Crippen LogP contribution in [0.1, 0.15) is 34.8 Å². The number of carboxylic acids is 1. The Balaban J connectivity index is 1.62. The number of carboxylic acid groups (broad SMARTS) is 1. The molecular formula is C18H19N5O4. The maximum absolute atomic E-state index is 12.4. The zero-order chi connectivity index (χ0) is 19.4. The van der Waals surface area contributed by atoms with Gasteiger partial charge < -0.3 is 15.2 Å². The van der Waals surface area contributed by atoms with E-state index in [4.69, 9.17) is 9.84 Å². The van der Waals surface area contributed by atoms with E-state index in [0.29, 0.717) is 30.2 Å². The van der Waals surface area contributed by atoms with Crippen LogP contribution in [0.15, 0.2) is 30.3 Å². The summed E-state index contributed by atoms with van der Waals surface area (Å²) in [6.45, 7) is 4.04. The molecule has 2 heterocycles. The molecule has 1 aromatic carbocycles. The van der Waals surface area contributed by atoms with Crippen molar-refractivity contribution in [2.75, 3.05) is 11.9 Å². The number of amides is 1. The van der Waals surface area contributed by atoms with Gasteiger partial charge in [-0.25, -0.2) is 9.50 Å². The summed E-state index contributed by atoms with van der Waals surface area (Å²) in [5.74, 6) is -0.280. The van der Waals surface area contributed by atoms with Crippen LogP contribution in [0, 0.1) is 13.8 Å². The van der Waals surface area contributed by atoms with E-state index < -0.39 is 11.9 Å². The predicted molar refractivity (Wildman–Crippen MR) is 97.0 cm³/mol. The number of hydrogen-bond acceptors (Lipinski definition) is 6. The van der Waals surface area contributed by atoms with Gasteiger partial charge in [0.05, 0.1) is 6.61 Å². The number of ether oxygens (including phenoxy) is 1. The Kier molecular flexibility index (Phi) is 5.30. The Bertz CT molecular complexity index is 981. The van der Waals surface area contributed by atoms with Crippen LogP contribution in [0.25, 0.3) is 5.78 Å². The van der Waals surface area contributed by atoms with E-state index >= 15 is 0 Å². The van der Waals surface area contributed by atoms with Gasteiger partial charge in [-0.1, -0.05) is 0 Å². The van der Waals surface area contributed by atoms with Gasteiger partial charge in [-0.3, -0.25) is 9.59 Å². The molecule has 0 saturated carbocycles. The minimum Gasteiger partial charge on any atom is -0.494 e. The number of hydrogen-bond donors (Lipinski definition) is 2. The van der Waals surface area contributed by atoms with E-state index in [1.165, 1.54) is 4.52 Å². The monoisotopic (exact) mass is 369 g/mol. The SMILES string of the molecule is Cc1cc(C)n2nc(C(=O)Nc3ccc(OCCCC(=O)O)cc3)nc2n1. The number of aromatic nitrogens is 4. The van der Waals surface area contributed by atoms with Crippen LogP contribution in [-0.4, -0.2) is 43.2 Å². The standard InChI is InChI=1S/C18H19N5O4/c1-11-10-12(2)23-18(19-11)21-16(22-23)17(26)20-13-5-7-14(8-6-13)27-9-3-4-15(24)25/h5-8,10H,3-4,9H2,1-2H3,(H,20,26)(H,24,25). The molecule has 3 aromatic rings. The maximum atomic E-state index is 12.4. The molecule has 27 heavy (non-hydrogen) atoms. The number of carbonyl (C=O) groups is 2. The molecular weight excluding hydrogens is 350 g/mol. The van der Waals surface area contributed by atoms with Crippen molar-refractivity contribution in [1.29, 1.82) is 0 Å². The van der Waals surface area contributed by atoms with Crippen LogP contribution in [0.3, 0.4) is 0 Å². The van der Waals surface area contributed by atoms with Gasteiger partial charge in [0.1, 0.15) is 5.75 Å². The Morgan fingerprint density at radius 3 is 2.63 bits per heavy atom. The van der Waals surface area contributed by atoms with Crippen molar-refractivity contribution in [2.24, 2.45) is 0 Å².